The maximum Gasteiger partial charge on any atom is 0.143 e. The van der Waals surface area contributed by atoms with Crippen molar-refractivity contribution in [3.63, 3.8) is 0 Å². The third kappa shape index (κ3) is 2.41. The summed E-state index contributed by atoms with van der Waals surface area (Å²) in [5, 5.41) is 0. The van der Waals surface area contributed by atoms with E-state index in [2.05, 4.69) is 77.6 Å². The number of halogens is 4. The molecule has 20 heavy (non-hydrogen) atoms. The molecule has 0 bridgehead atoms. The molecule has 0 N–H and O–H groups in total. The van der Waals surface area contributed by atoms with Crippen LogP contribution in [-0.4, -0.2) is 0 Å². The Hall–Kier alpha value is 0.510. The minimum Gasteiger partial charge on any atom is -0.455 e. The van der Waals surface area contributed by atoms with Crippen LogP contribution in [-0.2, 0) is 0 Å². The molecule has 1 aliphatic heterocycles. The first-order chi connectivity index (χ1) is 9.40. The van der Waals surface area contributed by atoms with Gasteiger partial charge >= 0.3 is 0 Å². The van der Waals surface area contributed by atoms with E-state index in [0.717, 1.165) is 39.2 Å². The summed E-state index contributed by atoms with van der Waals surface area (Å²) in [5.74, 6) is 1.74. The molecule has 0 aliphatic carbocycles. The van der Waals surface area contributed by atoms with E-state index < -0.39 is 0 Å². The van der Waals surface area contributed by atoms with Gasteiger partial charge < -0.3 is 4.74 Å². The fourth-order valence-electron chi connectivity index (χ4n) is 1.91. The summed E-state index contributed by atoms with van der Waals surface area (Å²) >= 11 is 16.2. The molecule has 0 radical (unpaired) electrons. The quantitative estimate of drug-likeness (QED) is 0.289. The first kappa shape index (κ1) is 15.4. The Morgan fingerprint density at radius 2 is 1.20 bits per heavy atom. The first-order valence-electron chi connectivity index (χ1n) is 5.73. The molecule has 0 saturated carbocycles. The average molecular weight is 544 g/mol. The SMILES string of the molecule is Cc1c(Br)cc2c(c1Br)Sc1c(cc(Br)c(C)c1Br)O2. The standard InChI is InChI=1S/C14H8Br4OS/c1-5-7(15)3-9-13(11(5)17)20-14-10(19-9)4-8(16)6(2)12(14)18/h3-4H,1-2H3. The van der Waals surface area contributed by atoms with E-state index in [1.54, 1.807) is 11.8 Å². The van der Waals surface area contributed by atoms with Gasteiger partial charge in [0.2, 0.25) is 0 Å². The summed E-state index contributed by atoms with van der Waals surface area (Å²) in [6.45, 7) is 4.15. The molecule has 1 heterocycles. The number of ether oxygens (including phenoxy) is 1. The summed E-state index contributed by atoms with van der Waals surface area (Å²) in [7, 11) is 0. The molecule has 0 aromatic heterocycles. The highest BCUT2D eigenvalue weighted by Crippen LogP contribution is 2.55. The van der Waals surface area contributed by atoms with Crippen LogP contribution in [0.4, 0.5) is 0 Å². The predicted molar refractivity (Wildman–Crippen MR) is 97.4 cm³/mol. The van der Waals surface area contributed by atoms with Crippen molar-refractivity contribution in [3.8, 4) is 11.5 Å². The lowest BCUT2D eigenvalue weighted by atomic mass is 10.2. The molecular formula is C14H8Br4OS. The van der Waals surface area contributed by atoms with Gasteiger partial charge in [0.25, 0.3) is 0 Å². The molecular weight excluding hydrogens is 536 g/mol. The fraction of sp³-hybridized carbons (Fsp3) is 0.143. The van der Waals surface area contributed by atoms with Gasteiger partial charge in [0.05, 0.1) is 9.79 Å². The predicted octanol–water partition coefficient (Wildman–Crippen LogP) is 7.61. The van der Waals surface area contributed by atoms with Crippen LogP contribution < -0.4 is 4.74 Å². The van der Waals surface area contributed by atoms with E-state index >= 15 is 0 Å². The first-order valence-corrected chi connectivity index (χ1v) is 9.72. The van der Waals surface area contributed by atoms with Gasteiger partial charge in [-0.25, -0.2) is 0 Å². The maximum atomic E-state index is 6.07. The Morgan fingerprint density at radius 3 is 1.60 bits per heavy atom. The van der Waals surface area contributed by atoms with E-state index in [0.29, 0.717) is 0 Å². The minimum atomic E-state index is 0.870. The van der Waals surface area contributed by atoms with Gasteiger partial charge in [-0.15, -0.1) is 0 Å². The highest BCUT2D eigenvalue weighted by atomic mass is 79.9. The molecule has 0 fully saturated rings. The van der Waals surface area contributed by atoms with E-state index in [9.17, 15) is 0 Å². The number of rotatable bonds is 0. The smallest absolute Gasteiger partial charge is 0.143 e. The molecule has 2 aromatic rings. The molecule has 104 valence electrons. The number of fused-ring (bicyclic) bond motifs is 2. The van der Waals surface area contributed by atoms with Crippen molar-refractivity contribution in [2.75, 3.05) is 0 Å². The number of hydrogen-bond acceptors (Lipinski definition) is 2. The summed E-state index contributed by atoms with van der Waals surface area (Å²) in [4.78, 5) is 2.22. The van der Waals surface area contributed by atoms with Crippen molar-refractivity contribution in [2.45, 2.75) is 23.6 Å². The Balaban J connectivity index is 2.22. The molecule has 0 saturated heterocycles. The molecule has 6 heteroatoms. The molecule has 0 atom stereocenters. The molecule has 2 aromatic carbocycles. The zero-order valence-corrected chi connectivity index (χ0v) is 17.6. The third-order valence-corrected chi connectivity index (χ3v) is 8.53. The second-order valence-corrected chi connectivity index (χ2v) is 8.77. The summed E-state index contributed by atoms with van der Waals surface area (Å²) in [6, 6.07) is 4.04. The molecule has 3 rings (SSSR count). The Bertz CT molecular complexity index is 681. The molecule has 0 amide bonds. The van der Waals surface area contributed by atoms with Crippen LogP contribution in [0.5, 0.6) is 11.5 Å². The van der Waals surface area contributed by atoms with Crippen molar-refractivity contribution in [1.82, 2.24) is 0 Å². The van der Waals surface area contributed by atoms with Crippen LogP contribution in [0.2, 0.25) is 0 Å². The molecule has 1 aliphatic rings. The van der Waals surface area contributed by atoms with Gasteiger partial charge in [-0.1, -0.05) is 43.6 Å². The monoisotopic (exact) mass is 540 g/mol. The zero-order chi connectivity index (χ0) is 14.6. The summed E-state index contributed by atoms with van der Waals surface area (Å²) < 4.78 is 10.3. The Kier molecular flexibility index (Phi) is 4.32. The van der Waals surface area contributed by atoms with Crippen molar-refractivity contribution < 1.29 is 4.74 Å². The van der Waals surface area contributed by atoms with E-state index in [1.807, 2.05) is 12.1 Å². The van der Waals surface area contributed by atoms with Crippen LogP contribution in [0.1, 0.15) is 11.1 Å². The zero-order valence-electron chi connectivity index (χ0n) is 10.5. The Labute approximate surface area is 155 Å². The highest BCUT2D eigenvalue weighted by molar-refractivity contribution is 9.11. The van der Waals surface area contributed by atoms with Crippen molar-refractivity contribution in [2.24, 2.45) is 0 Å². The van der Waals surface area contributed by atoms with Crippen LogP contribution in [0.3, 0.4) is 0 Å². The Morgan fingerprint density at radius 1 is 0.800 bits per heavy atom. The normalized spacial score (nSPS) is 12.7. The number of hydrogen-bond donors (Lipinski definition) is 0. The highest BCUT2D eigenvalue weighted by Gasteiger charge is 2.26. The second kappa shape index (κ2) is 5.61. The summed E-state index contributed by atoms with van der Waals surface area (Å²) in [5.41, 5.74) is 2.35. The van der Waals surface area contributed by atoms with E-state index in [1.165, 1.54) is 11.1 Å². The molecule has 0 spiro atoms. The second-order valence-electron chi connectivity index (χ2n) is 4.45. The van der Waals surface area contributed by atoms with Gasteiger partial charge in [0.15, 0.2) is 0 Å². The van der Waals surface area contributed by atoms with Crippen LogP contribution in [0, 0.1) is 13.8 Å². The average Bonchev–Trinajstić information content (AvgIpc) is 2.41. The van der Waals surface area contributed by atoms with Crippen LogP contribution in [0.25, 0.3) is 0 Å². The lowest BCUT2D eigenvalue weighted by Gasteiger charge is -2.24. The lowest BCUT2D eigenvalue weighted by Crippen LogP contribution is -1.99. The van der Waals surface area contributed by atoms with E-state index in [-0.39, 0.29) is 0 Å². The van der Waals surface area contributed by atoms with E-state index in [4.69, 9.17) is 4.74 Å². The molecule has 0 unspecified atom stereocenters. The third-order valence-electron chi connectivity index (χ3n) is 3.16. The summed E-state index contributed by atoms with van der Waals surface area (Å²) in [6.07, 6.45) is 0. The fourth-order valence-corrected chi connectivity index (χ4v) is 5.65. The van der Waals surface area contributed by atoms with Crippen LogP contribution in [0.15, 0.2) is 39.8 Å². The lowest BCUT2D eigenvalue weighted by molar-refractivity contribution is 0.451. The van der Waals surface area contributed by atoms with Gasteiger partial charge in [-0.2, -0.15) is 0 Å². The minimum absolute atomic E-state index is 0.870. The van der Waals surface area contributed by atoms with Crippen molar-refractivity contribution >= 4 is 75.5 Å². The van der Waals surface area contributed by atoms with Gasteiger partial charge in [-0.05, 0) is 69.0 Å². The van der Waals surface area contributed by atoms with Crippen LogP contribution >= 0.6 is 75.5 Å². The van der Waals surface area contributed by atoms with Crippen molar-refractivity contribution in [1.29, 1.82) is 0 Å². The number of benzene rings is 2. The maximum absolute atomic E-state index is 6.07. The van der Waals surface area contributed by atoms with Gasteiger partial charge in [0.1, 0.15) is 11.5 Å². The van der Waals surface area contributed by atoms with Crippen molar-refractivity contribution in [3.05, 3.63) is 41.2 Å². The topological polar surface area (TPSA) is 9.23 Å². The van der Waals surface area contributed by atoms with Gasteiger partial charge in [-0.3, -0.25) is 0 Å². The van der Waals surface area contributed by atoms with Gasteiger partial charge in [0, 0.05) is 17.9 Å². The molecule has 1 nitrogen and oxygen atoms in total. The largest absolute Gasteiger partial charge is 0.455 e.